The number of nitrogens with zero attached hydrogens (tertiary/aromatic N) is 1. The molecule has 1 saturated carbocycles. The van der Waals surface area contributed by atoms with Crippen LogP contribution >= 0.6 is 11.3 Å². The smallest absolute Gasteiger partial charge is 0.0331 e. The van der Waals surface area contributed by atoms with Gasteiger partial charge >= 0.3 is 0 Å². The van der Waals surface area contributed by atoms with Crippen molar-refractivity contribution < 1.29 is 0 Å². The molecule has 1 saturated heterocycles. The van der Waals surface area contributed by atoms with E-state index >= 15 is 0 Å². The van der Waals surface area contributed by atoms with Gasteiger partial charge in [0.15, 0.2) is 0 Å². The first-order chi connectivity index (χ1) is 10.3. The SMILES string of the molecule is CC1c2ccsc2CCN1CC1CCC2CCCCC2N1. The lowest BCUT2D eigenvalue weighted by atomic mass is 9.77. The Morgan fingerprint density at radius 1 is 1.24 bits per heavy atom. The van der Waals surface area contributed by atoms with Gasteiger partial charge in [-0.1, -0.05) is 12.8 Å². The highest BCUT2D eigenvalue weighted by atomic mass is 32.1. The van der Waals surface area contributed by atoms with Crippen LogP contribution in [0.1, 0.15) is 61.9 Å². The van der Waals surface area contributed by atoms with E-state index in [-0.39, 0.29) is 0 Å². The van der Waals surface area contributed by atoms with Gasteiger partial charge in [-0.2, -0.15) is 0 Å². The summed E-state index contributed by atoms with van der Waals surface area (Å²) >= 11 is 1.95. The second-order valence-corrected chi connectivity index (χ2v) is 8.31. The zero-order chi connectivity index (χ0) is 14.2. The van der Waals surface area contributed by atoms with Crippen molar-refractivity contribution in [2.45, 2.75) is 70.0 Å². The quantitative estimate of drug-likeness (QED) is 0.889. The van der Waals surface area contributed by atoms with Gasteiger partial charge < -0.3 is 5.32 Å². The molecule has 0 bridgehead atoms. The van der Waals surface area contributed by atoms with Crippen molar-refractivity contribution in [3.63, 3.8) is 0 Å². The van der Waals surface area contributed by atoms with Crippen LogP contribution in [0.5, 0.6) is 0 Å². The molecule has 3 heterocycles. The van der Waals surface area contributed by atoms with Crippen LogP contribution < -0.4 is 5.32 Å². The lowest BCUT2D eigenvalue weighted by molar-refractivity contribution is 0.122. The number of hydrogen-bond donors (Lipinski definition) is 1. The zero-order valence-electron chi connectivity index (χ0n) is 13.2. The molecule has 0 radical (unpaired) electrons. The van der Waals surface area contributed by atoms with Crippen LogP contribution in [0, 0.1) is 5.92 Å². The van der Waals surface area contributed by atoms with Gasteiger partial charge in [-0.3, -0.25) is 4.90 Å². The summed E-state index contributed by atoms with van der Waals surface area (Å²) < 4.78 is 0. The van der Waals surface area contributed by atoms with Gasteiger partial charge in [0.05, 0.1) is 0 Å². The summed E-state index contributed by atoms with van der Waals surface area (Å²) in [5.41, 5.74) is 1.60. The van der Waals surface area contributed by atoms with Crippen molar-refractivity contribution in [2.75, 3.05) is 13.1 Å². The van der Waals surface area contributed by atoms with Crippen molar-refractivity contribution in [2.24, 2.45) is 5.92 Å². The van der Waals surface area contributed by atoms with E-state index in [0.29, 0.717) is 6.04 Å². The fourth-order valence-corrected chi connectivity index (χ4v) is 5.77. The normalized spacial score (nSPS) is 37.0. The zero-order valence-corrected chi connectivity index (χ0v) is 14.0. The molecular weight excluding hydrogens is 276 g/mol. The third kappa shape index (κ3) is 2.80. The minimum absolute atomic E-state index is 0.617. The fraction of sp³-hybridized carbons (Fsp3) is 0.778. The average Bonchev–Trinajstić information content (AvgIpc) is 2.99. The monoisotopic (exact) mass is 304 g/mol. The molecule has 3 aliphatic rings. The predicted molar refractivity (Wildman–Crippen MR) is 89.9 cm³/mol. The first kappa shape index (κ1) is 14.2. The number of fused-ring (bicyclic) bond motifs is 2. The van der Waals surface area contributed by atoms with Crippen LogP contribution in [0.3, 0.4) is 0 Å². The Balaban J connectivity index is 1.38. The topological polar surface area (TPSA) is 15.3 Å². The molecule has 4 rings (SSSR count). The maximum Gasteiger partial charge on any atom is 0.0331 e. The molecule has 4 unspecified atom stereocenters. The maximum atomic E-state index is 4.00. The van der Waals surface area contributed by atoms with Crippen molar-refractivity contribution in [1.29, 1.82) is 0 Å². The van der Waals surface area contributed by atoms with Gasteiger partial charge in [0.2, 0.25) is 0 Å². The van der Waals surface area contributed by atoms with Crippen LogP contribution in [-0.2, 0) is 6.42 Å². The largest absolute Gasteiger partial charge is 0.310 e. The first-order valence-electron chi connectivity index (χ1n) is 8.87. The second kappa shape index (κ2) is 6.02. The summed E-state index contributed by atoms with van der Waals surface area (Å²) in [5.74, 6) is 0.984. The lowest BCUT2D eigenvalue weighted by Crippen LogP contribution is -2.53. The van der Waals surface area contributed by atoms with Crippen LogP contribution in [0.15, 0.2) is 11.4 Å². The summed E-state index contributed by atoms with van der Waals surface area (Å²) in [4.78, 5) is 4.35. The van der Waals surface area contributed by atoms with Crippen molar-refractivity contribution in [1.82, 2.24) is 10.2 Å². The summed E-state index contributed by atoms with van der Waals surface area (Å²) in [7, 11) is 0. The molecule has 0 amide bonds. The highest BCUT2D eigenvalue weighted by molar-refractivity contribution is 7.10. The highest BCUT2D eigenvalue weighted by Gasteiger charge is 2.33. The van der Waals surface area contributed by atoms with Crippen LogP contribution in [0.4, 0.5) is 0 Å². The number of piperidine rings is 1. The van der Waals surface area contributed by atoms with E-state index in [1.165, 1.54) is 58.0 Å². The first-order valence-corrected chi connectivity index (χ1v) is 9.75. The minimum atomic E-state index is 0.617. The molecule has 21 heavy (non-hydrogen) atoms. The van der Waals surface area contributed by atoms with E-state index in [1.807, 2.05) is 11.3 Å². The van der Waals surface area contributed by atoms with Crippen LogP contribution in [0.25, 0.3) is 0 Å². The Labute approximate surface area is 132 Å². The van der Waals surface area contributed by atoms with E-state index in [1.54, 1.807) is 10.4 Å². The molecule has 2 fully saturated rings. The van der Waals surface area contributed by atoms with Crippen molar-refractivity contribution in [3.8, 4) is 0 Å². The Kier molecular flexibility index (Phi) is 4.08. The maximum absolute atomic E-state index is 4.00. The van der Waals surface area contributed by atoms with Gasteiger partial charge in [-0.25, -0.2) is 0 Å². The molecule has 2 nitrogen and oxygen atoms in total. The van der Waals surface area contributed by atoms with Crippen molar-refractivity contribution >= 4 is 11.3 Å². The van der Waals surface area contributed by atoms with Gasteiger partial charge in [0.1, 0.15) is 0 Å². The molecule has 1 aromatic rings. The summed E-state index contributed by atoms with van der Waals surface area (Å²) in [6.07, 6.45) is 9.93. The van der Waals surface area contributed by atoms with Crippen LogP contribution in [-0.4, -0.2) is 30.1 Å². The Morgan fingerprint density at radius 3 is 3.10 bits per heavy atom. The Hall–Kier alpha value is -0.380. The van der Waals surface area contributed by atoms with Crippen LogP contribution in [0.2, 0.25) is 0 Å². The van der Waals surface area contributed by atoms with E-state index < -0.39 is 0 Å². The predicted octanol–water partition coefficient (Wildman–Crippen LogP) is 3.98. The summed E-state index contributed by atoms with van der Waals surface area (Å²) in [6, 6.07) is 4.52. The molecule has 1 N–H and O–H groups in total. The van der Waals surface area contributed by atoms with Gasteiger partial charge in [0, 0.05) is 36.1 Å². The molecule has 3 heteroatoms. The highest BCUT2D eigenvalue weighted by Crippen LogP contribution is 2.35. The molecule has 1 aliphatic carbocycles. The van der Waals surface area contributed by atoms with E-state index in [9.17, 15) is 0 Å². The van der Waals surface area contributed by atoms with Gasteiger partial charge in [-0.05, 0) is 62.0 Å². The molecule has 1 aromatic heterocycles. The molecule has 116 valence electrons. The number of rotatable bonds is 2. The third-order valence-corrected chi connectivity index (χ3v) is 7.10. The fourth-order valence-electron chi connectivity index (χ4n) is 4.81. The van der Waals surface area contributed by atoms with E-state index in [0.717, 1.165) is 18.0 Å². The lowest BCUT2D eigenvalue weighted by Gasteiger charge is -2.43. The molecule has 0 aromatic carbocycles. The average molecular weight is 305 g/mol. The second-order valence-electron chi connectivity index (χ2n) is 7.31. The van der Waals surface area contributed by atoms with Crippen molar-refractivity contribution in [3.05, 3.63) is 21.9 Å². The Bertz CT molecular complexity index is 483. The molecule has 2 aliphatic heterocycles. The third-order valence-electron chi connectivity index (χ3n) is 6.10. The standard InChI is InChI=1S/C18H28N2S/c1-13-16-9-11-21-18(16)8-10-20(13)12-15-7-6-14-4-2-3-5-17(14)19-15/h9,11,13-15,17,19H,2-8,10,12H2,1H3. The molecular formula is C18H28N2S. The molecule has 0 spiro atoms. The number of thiophene rings is 1. The van der Waals surface area contributed by atoms with Gasteiger partial charge in [0.25, 0.3) is 0 Å². The summed E-state index contributed by atoms with van der Waals surface area (Å²) in [5, 5.41) is 6.28. The van der Waals surface area contributed by atoms with E-state index in [4.69, 9.17) is 0 Å². The van der Waals surface area contributed by atoms with E-state index in [2.05, 4.69) is 28.6 Å². The minimum Gasteiger partial charge on any atom is -0.310 e. The molecule has 4 atom stereocenters. The summed E-state index contributed by atoms with van der Waals surface area (Å²) in [6.45, 7) is 4.90. The van der Waals surface area contributed by atoms with Gasteiger partial charge in [-0.15, -0.1) is 11.3 Å². The Morgan fingerprint density at radius 2 is 2.14 bits per heavy atom. The number of nitrogens with one attached hydrogen (secondary N) is 1. The number of hydrogen-bond acceptors (Lipinski definition) is 3.